The molecule has 2 aromatic heterocycles. The molecule has 0 bridgehead atoms. The number of hydrogen-bond acceptors (Lipinski definition) is 3. The van der Waals surface area contributed by atoms with Gasteiger partial charge >= 0.3 is 0 Å². The molecule has 0 amide bonds. The highest BCUT2D eigenvalue weighted by molar-refractivity contribution is 9.10. The lowest BCUT2D eigenvalue weighted by atomic mass is 10.2. The number of nitrogens with one attached hydrogen (secondary N) is 1. The van der Waals surface area contributed by atoms with Gasteiger partial charge in [0.15, 0.2) is 0 Å². The van der Waals surface area contributed by atoms with Crippen molar-refractivity contribution in [2.24, 2.45) is 0 Å². The number of H-pyrrole nitrogens is 1. The highest BCUT2D eigenvalue weighted by atomic mass is 79.9. The van der Waals surface area contributed by atoms with Gasteiger partial charge < -0.3 is 0 Å². The molecule has 16 heavy (non-hydrogen) atoms. The predicted octanol–water partition coefficient (Wildman–Crippen LogP) is 3.88. The molecule has 1 N–H and O–H groups in total. The minimum absolute atomic E-state index is 0.633. The molecule has 0 aliphatic heterocycles. The third-order valence-electron chi connectivity index (χ3n) is 2.30. The van der Waals surface area contributed by atoms with E-state index in [4.69, 9.17) is 12.2 Å². The fourth-order valence-corrected chi connectivity index (χ4v) is 2.96. The van der Waals surface area contributed by atoms with Crippen molar-refractivity contribution in [2.75, 3.05) is 0 Å². The largest absolute Gasteiger partial charge is 0.259 e. The first kappa shape index (κ1) is 10.2. The highest BCUT2D eigenvalue weighted by Gasteiger charge is 2.08. The standard InChI is InChI=1S/C10H6BrN3S2/c11-7-3-1-6(2-4-7)8-5-16-10-13-12-9(15)14(8)10/h1-5H,(H,12,15). The van der Waals surface area contributed by atoms with Crippen LogP contribution in [0.4, 0.5) is 0 Å². The average molecular weight is 312 g/mol. The monoisotopic (exact) mass is 311 g/mol. The van der Waals surface area contributed by atoms with Crippen LogP contribution >= 0.6 is 39.5 Å². The molecule has 0 fully saturated rings. The van der Waals surface area contributed by atoms with E-state index in [1.54, 1.807) is 11.3 Å². The lowest BCUT2D eigenvalue weighted by molar-refractivity contribution is 1.08. The number of fused-ring (bicyclic) bond motifs is 1. The van der Waals surface area contributed by atoms with Crippen LogP contribution in [0.5, 0.6) is 0 Å². The Labute approximate surface area is 109 Å². The summed E-state index contributed by atoms with van der Waals surface area (Å²) in [5.74, 6) is 0. The van der Waals surface area contributed by atoms with Crippen LogP contribution in [0.1, 0.15) is 0 Å². The lowest BCUT2D eigenvalue weighted by Crippen LogP contribution is -1.85. The van der Waals surface area contributed by atoms with Crippen molar-refractivity contribution in [3.05, 3.63) is 38.9 Å². The third-order valence-corrected chi connectivity index (χ3v) is 3.93. The summed E-state index contributed by atoms with van der Waals surface area (Å²) in [6.07, 6.45) is 0. The molecule has 0 aliphatic carbocycles. The topological polar surface area (TPSA) is 33.1 Å². The zero-order valence-electron chi connectivity index (χ0n) is 7.98. The number of hydrogen-bond donors (Lipinski definition) is 1. The Hall–Kier alpha value is -0.980. The first-order chi connectivity index (χ1) is 7.75. The molecule has 0 aliphatic rings. The summed E-state index contributed by atoms with van der Waals surface area (Å²) >= 11 is 10.2. The molecule has 3 rings (SSSR count). The Morgan fingerprint density at radius 2 is 2.06 bits per heavy atom. The van der Waals surface area contributed by atoms with Crippen LogP contribution in [-0.2, 0) is 0 Å². The number of rotatable bonds is 1. The molecule has 0 unspecified atom stereocenters. The fraction of sp³-hybridized carbons (Fsp3) is 0. The first-order valence-electron chi connectivity index (χ1n) is 4.56. The molecule has 6 heteroatoms. The normalized spacial score (nSPS) is 11.1. The molecule has 3 aromatic rings. The molecule has 0 radical (unpaired) electrons. The Kier molecular flexibility index (Phi) is 2.42. The van der Waals surface area contributed by atoms with Crippen molar-refractivity contribution in [3.8, 4) is 11.3 Å². The van der Waals surface area contributed by atoms with Gasteiger partial charge in [-0.25, -0.2) is 0 Å². The summed E-state index contributed by atoms with van der Waals surface area (Å²) in [5.41, 5.74) is 2.21. The predicted molar refractivity (Wildman–Crippen MR) is 71.4 cm³/mol. The summed E-state index contributed by atoms with van der Waals surface area (Å²) in [6.45, 7) is 0. The van der Waals surface area contributed by atoms with Crippen molar-refractivity contribution < 1.29 is 0 Å². The molecule has 0 atom stereocenters. The van der Waals surface area contributed by atoms with Crippen LogP contribution in [0.2, 0.25) is 0 Å². The summed E-state index contributed by atoms with van der Waals surface area (Å²) in [5, 5.41) is 9.00. The van der Waals surface area contributed by atoms with E-state index in [9.17, 15) is 0 Å². The maximum absolute atomic E-state index is 5.20. The van der Waals surface area contributed by atoms with E-state index in [0.29, 0.717) is 4.77 Å². The zero-order valence-corrected chi connectivity index (χ0v) is 11.2. The van der Waals surface area contributed by atoms with Crippen LogP contribution in [-0.4, -0.2) is 14.6 Å². The number of thiazole rings is 1. The van der Waals surface area contributed by atoms with Gasteiger partial charge in [-0.15, -0.1) is 16.4 Å². The number of aromatic amines is 1. The molecule has 3 nitrogen and oxygen atoms in total. The molecule has 1 aromatic carbocycles. The van der Waals surface area contributed by atoms with E-state index >= 15 is 0 Å². The zero-order chi connectivity index (χ0) is 11.1. The van der Waals surface area contributed by atoms with Gasteiger partial charge in [-0.1, -0.05) is 28.1 Å². The van der Waals surface area contributed by atoms with E-state index < -0.39 is 0 Å². The average Bonchev–Trinajstić information content (AvgIpc) is 2.84. The van der Waals surface area contributed by atoms with Crippen molar-refractivity contribution in [2.45, 2.75) is 0 Å². The minimum atomic E-state index is 0.633. The summed E-state index contributed by atoms with van der Waals surface area (Å²) < 4.78 is 3.65. The van der Waals surface area contributed by atoms with Gasteiger partial charge in [-0.3, -0.25) is 9.50 Å². The van der Waals surface area contributed by atoms with Crippen LogP contribution in [0, 0.1) is 4.77 Å². The highest BCUT2D eigenvalue weighted by Crippen LogP contribution is 2.26. The molecule has 0 saturated carbocycles. The van der Waals surface area contributed by atoms with E-state index in [2.05, 4.69) is 43.6 Å². The SMILES string of the molecule is S=c1[nH]nc2scc(-c3ccc(Br)cc3)n12. The van der Waals surface area contributed by atoms with E-state index in [0.717, 1.165) is 20.7 Å². The Bertz CT molecular complexity index is 693. The number of aromatic nitrogens is 3. The molecule has 0 spiro atoms. The van der Waals surface area contributed by atoms with E-state index in [1.165, 1.54) is 0 Å². The first-order valence-corrected chi connectivity index (χ1v) is 6.64. The molecule has 0 saturated heterocycles. The second kappa shape index (κ2) is 3.80. The van der Waals surface area contributed by atoms with Crippen LogP contribution < -0.4 is 0 Å². The van der Waals surface area contributed by atoms with Gasteiger partial charge in [0.1, 0.15) is 0 Å². The second-order valence-corrected chi connectivity index (χ2v) is 5.41. The van der Waals surface area contributed by atoms with Crippen LogP contribution in [0.3, 0.4) is 0 Å². The summed E-state index contributed by atoms with van der Waals surface area (Å²) in [7, 11) is 0. The Morgan fingerprint density at radius 3 is 2.81 bits per heavy atom. The summed E-state index contributed by atoms with van der Waals surface area (Å²) in [4.78, 5) is 0.892. The van der Waals surface area contributed by atoms with Gasteiger partial charge in [0.05, 0.1) is 5.69 Å². The lowest BCUT2D eigenvalue weighted by Gasteiger charge is -1.99. The molecule has 2 heterocycles. The Morgan fingerprint density at radius 1 is 1.31 bits per heavy atom. The van der Waals surface area contributed by atoms with Crippen molar-refractivity contribution in [3.63, 3.8) is 0 Å². The maximum atomic E-state index is 5.20. The third kappa shape index (κ3) is 1.53. The van der Waals surface area contributed by atoms with Gasteiger partial charge in [0.2, 0.25) is 9.73 Å². The van der Waals surface area contributed by atoms with E-state index in [1.807, 2.05) is 16.5 Å². The molecule has 80 valence electrons. The van der Waals surface area contributed by atoms with Gasteiger partial charge in [0.25, 0.3) is 0 Å². The fourth-order valence-electron chi connectivity index (χ4n) is 1.55. The number of benzene rings is 1. The van der Waals surface area contributed by atoms with Gasteiger partial charge in [0, 0.05) is 9.85 Å². The molecular weight excluding hydrogens is 306 g/mol. The van der Waals surface area contributed by atoms with Gasteiger partial charge in [-0.2, -0.15) is 0 Å². The smallest absolute Gasteiger partial charge is 0.215 e. The number of nitrogens with zero attached hydrogens (tertiary/aromatic N) is 2. The minimum Gasteiger partial charge on any atom is -0.259 e. The second-order valence-electron chi connectivity index (χ2n) is 3.27. The van der Waals surface area contributed by atoms with Crippen molar-refractivity contribution in [1.82, 2.24) is 14.6 Å². The van der Waals surface area contributed by atoms with Crippen LogP contribution in [0.25, 0.3) is 16.2 Å². The Balaban J connectivity index is 2.29. The van der Waals surface area contributed by atoms with Crippen molar-refractivity contribution in [1.29, 1.82) is 0 Å². The quantitative estimate of drug-likeness (QED) is 0.692. The number of halogens is 1. The van der Waals surface area contributed by atoms with Gasteiger partial charge in [-0.05, 0) is 29.9 Å². The molecular formula is C10H6BrN3S2. The van der Waals surface area contributed by atoms with E-state index in [-0.39, 0.29) is 0 Å². The maximum Gasteiger partial charge on any atom is 0.215 e. The van der Waals surface area contributed by atoms with Crippen molar-refractivity contribution >= 4 is 44.4 Å². The van der Waals surface area contributed by atoms with Crippen LogP contribution in [0.15, 0.2) is 34.1 Å². The summed E-state index contributed by atoms with van der Waals surface area (Å²) in [6, 6.07) is 8.14.